The quantitative estimate of drug-likeness (QED) is 0.491. The molecule has 4 heteroatoms. The van der Waals surface area contributed by atoms with Gasteiger partial charge < -0.3 is 4.74 Å². The molecule has 0 saturated carbocycles. The first-order valence-electron chi connectivity index (χ1n) is 3.18. The van der Waals surface area contributed by atoms with E-state index in [0.717, 1.165) is 5.57 Å². The van der Waals surface area contributed by atoms with Gasteiger partial charge in [0.1, 0.15) is 0 Å². The van der Waals surface area contributed by atoms with E-state index in [1.54, 1.807) is 12.4 Å². The van der Waals surface area contributed by atoms with Gasteiger partial charge in [-0.1, -0.05) is 0 Å². The lowest BCUT2D eigenvalue weighted by Gasteiger charge is -2.08. The number of nitrogens with zero attached hydrogens (tertiary/aromatic N) is 3. The van der Waals surface area contributed by atoms with Crippen LogP contribution < -0.4 is 5.32 Å². The van der Waals surface area contributed by atoms with E-state index < -0.39 is 0 Å². The van der Waals surface area contributed by atoms with Crippen molar-refractivity contribution in [2.45, 2.75) is 0 Å². The molecule has 0 aliphatic carbocycles. The van der Waals surface area contributed by atoms with Gasteiger partial charge in [0, 0.05) is 18.0 Å². The molecule has 2 aliphatic rings. The lowest BCUT2D eigenvalue weighted by Crippen LogP contribution is -2.26. The van der Waals surface area contributed by atoms with Crippen molar-refractivity contribution >= 4 is 11.9 Å². The van der Waals surface area contributed by atoms with E-state index in [2.05, 4.69) is 15.3 Å². The maximum absolute atomic E-state index is 4.83. The average molecular weight is 148 g/mol. The van der Waals surface area contributed by atoms with Crippen molar-refractivity contribution in [3.8, 4) is 0 Å². The molecule has 0 unspecified atom stereocenters. The van der Waals surface area contributed by atoms with E-state index in [1.165, 1.54) is 7.11 Å². The van der Waals surface area contributed by atoms with Crippen molar-refractivity contribution in [1.82, 2.24) is 5.32 Å². The Morgan fingerprint density at radius 1 is 1.36 bits per heavy atom. The number of rotatable bonds is 0. The second kappa shape index (κ2) is 2.23. The van der Waals surface area contributed by atoms with Gasteiger partial charge in [0.2, 0.25) is 0 Å². The van der Waals surface area contributed by atoms with Crippen molar-refractivity contribution in [3.63, 3.8) is 0 Å². The first kappa shape index (κ1) is 6.15. The molecule has 2 aliphatic heterocycles. The summed E-state index contributed by atoms with van der Waals surface area (Å²) in [5, 5.41) is 4.01. The molecule has 0 N–H and O–H groups in total. The fraction of sp³-hybridized carbons (Fsp3) is 0.143. The largest absolute Gasteiger partial charge is 0.467 e. The van der Waals surface area contributed by atoms with E-state index in [-0.39, 0.29) is 0 Å². The Kier molecular flexibility index (Phi) is 1.25. The predicted octanol–water partition coefficient (Wildman–Crippen LogP) is 0.416. The lowest BCUT2D eigenvalue weighted by atomic mass is 10.2. The molecule has 2 heterocycles. The number of aliphatic imine (C=N–C) groups is 2. The summed E-state index contributed by atoms with van der Waals surface area (Å²) in [7, 11) is 1.53. The summed E-state index contributed by atoms with van der Waals surface area (Å²) in [6, 6.07) is 0.358. The summed E-state index contributed by atoms with van der Waals surface area (Å²) in [4.78, 5) is 7.92. The highest BCUT2D eigenvalue weighted by Crippen LogP contribution is 2.11. The highest BCUT2D eigenvalue weighted by molar-refractivity contribution is 6.11. The van der Waals surface area contributed by atoms with Gasteiger partial charge in [-0.05, 0) is 6.08 Å². The summed E-state index contributed by atoms with van der Waals surface area (Å²) in [5.74, 6) is 0.678. The zero-order valence-corrected chi connectivity index (χ0v) is 5.98. The Hall–Kier alpha value is -1.58. The van der Waals surface area contributed by atoms with Crippen LogP contribution in [-0.2, 0) is 4.74 Å². The summed E-state index contributed by atoms with van der Waals surface area (Å²) < 4.78 is 4.83. The molecule has 0 aromatic carbocycles. The van der Waals surface area contributed by atoms with Gasteiger partial charge in [0.05, 0.1) is 7.11 Å². The number of ether oxygens (including phenoxy) is 1. The summed E-state index contributed by atoms with van der Waals surface area (Å²) in [6.45, 7) is 0. The normalized spacial score (nSPS) is 19.5. The van der Waals surface area contributed by atoms with Crippen molar-refractivity contribution in [3.05, 3.63) is 24.0 Å². The molecular weight excluding hydrogens is 142 g/mol. The van der Waals surface area contributed by atoms with Crippen LogP contribution in [0.2, 0.25) is 0 Å². The van der Waals surface area contributed by atoms with E-state index in [1.807, 2.05) is 6.08 Å². The Balaban J connectivity index is 2.30. The predicted molar refractivity (Wildman–Crippen MR) is 41.2 cm³/mol. The molecule has 55 valence electrons. The van der Waals surface area contributed by atoms with E-state index in [0.29, 0.717) is 11.9 Å². The van der Waals surface area contributed by atoms with Crippen molar-refractivity contribution in [2.75, 3.05) is 7.11 Å². The summed E-state index contributed by atoms with van der Waals surface area (Å²) in [5.41, 5.74) is 0.936. The van der Waals surface area contributed by atoms with Gasteiger partial charge in [0.15, 0.2) is 5.84 Å². The van der Waals surface area contributed by atoms with Crippen LogP contribution in [0, 0.1) is 0 Å². The molecule has 2 rings (SSSR count). The lowest BCUT2D eigenvalue weighted by molar-refractivity contribution is 0.388. The van der Waals surface area contributed by atoms with Crippen LogP contribution in [0.4, 0.5) is 0 Å². The Bertz CT molecular complexity index is 299. The zero-order valence-electron chi connectivity index (χ0n) is 5.98. The number of methoxy groups -OCH3 is 1. The minimum absolute atomic E-state index is 0.358. The monoisotopic (exact) mass is 148 g/mol. The molecule has 0 bridgehead atoms. The van der Waals surface area contributed by atoms with Crippen LogP contribution in [0.25, 0.3) is 0 Å². The molecule has 0 amide bonds. The van der Waals surface area contributed by atoms with E-state index in [4.69, 9.17) is 4.74 Å². The molecule has 0 aromatic heterocycles. The third-order valence-corrected chi connectivity index (χ3v) is 1.41. The van der Waals surface area contributed by atoms with Crippen LogP contribution in [0.1, 0.15) is 0 Å². The van der Waals surface area contributed by atoms with Gasteiger partial charge in [-0.15, -0.1) is 0 Å². The first-order chi connectivity index (χ1) is 5.40. The topological polar surface area (TPSA) is 48.1 Å². The van der Waals surface area contributed by atoms with E-state index >= 15 is 0 Å². The number of amidine groups is 2. The van der Waals surface area contributed by atoms with Gasteiger partial charge in [0.25, 0.3) is 0 Å². The maximum Gasteiger partial charge on any atom is 0.318 e. The molecule has 4 nitrogen and oxygen atoms in total. The Morgan fingerprint density at radius 2 is 2.27 bits per heavy atom. The second-order valence-electron chi connectivity index (χ2n) is 2.08. The fourth-order valence-electron chi connectivity index (χ4n) is 0.874. The zero-order chi connectivity index (χ0) is 7.68. The van der Waals surface area contributed by atoms with Crippen LogP contribution in [0.15, 0.2) is 34.0 Å². The number of hydrogen-bond donors (Lipinski definition) is 0. The molecule has 0 fully saturated rings. The fourth-order valence-corrected chi connectivity index (χ4v) is 0.874. The molecule has 0 saturated heterocycles. The molecule has 0 atom stereocenters. The van der Waals surface area contributed by atoms with Crippen molar-refractivity contribution < 1.29 is 4.74 Å². The maximum atomic E-state index is 4.83. The van der Waals surface area contributed by atoms with E-state index in [9.17, 15) is 0 Å². The number of fused-ring (bicyclic) bond motifs is 1. The molecule has 11 heavy (non-hydrogen) atoms. The molecule has 1 radical (unpaired) electrons. The van der Waals surface area contributed by atoms with Crippen molar-refractivity contribution in [2.24, 2.45) is 9.98 Å². The minimum atomic E-state index is 0.358. The second-order valence-corrected chi connectivity index (χ2v) is 2.08. The minimum Gasteiger partial charge on any atom is -0.467 e. The van der Waals surface area contributed by atoms with Crippen LogP contribution in [-0.4, -0.2) is 19.0 Å². The summed E-state index contributed by atoms with van der Waals surface area (Å²) >= 11 is 0. The highest BCUT2D eigenvalue weighted by atomic mass is 16.5. The van der Waals surface area contributed by atoms with Gasteiger partial charge in [-0.2, -0.15) is 5.32 Å². The third-order valence-electron chi connectivity index (χ3n) is 1.41. The number of hydrogen-bond acceptors (Lipinski definition) is 3. The average Bonchev–Trinajstić information content (AvgIpc) is 2.50. The Morgan fingerprint density at radius 3 is 3.09 bits per heavy atom. The van der Waals surface area contributed by atoms with Crippen LogP contribution >= 0.6 is 0 Å². The Labute approximate surface area is 64.0 Å². The standard InChI is InChI=1S/C7H6N3O/c1-11-7-9-4-5-2-3-8-6(5)10-7/h2-4H,1H3. The van der Waals surface area contributed by atoms with Gasteiger partial charge in [-0.3, -0.25) is 0 Å². The summed E-state index contributed by atoms with van der Waals surface area (Å²) in [6.07, 6.45) is 5.24. The smallest absolute Gasteiger partial charge is 0.318 e. The van der Waals surface area contributed by atoms with Gasteiger partial charge in [-0.25, -0.2) is 9.98 Å². The third kappa shape index (κ3) is 0.920. The van der Waals surface area contributed by atoms with Crippen LogP contribution in [0.5, 0.6) is 0 Å². The SMILES string of the molecule is COC1=NC=C2C=CN=C2[N]1. The molecule has 0 aromatic rings. The molecule has 0 spiro atoms. The highest BCUT2D eigenvalue weighted by Gasteiger charge is 2.16. The van der Waals surface area contributed by atoms with Crippen LogP contribution in [0.3, 0.4) is 0 Å². The van der Waals surface area contributed by atoms with Gasteiger partial charge >= 0.3 is 6.02 Å². The first-order valence-corrected chi connectivity index (χ1v) is 3.18. The van der Waals surface area contributed by atoms with Crippen molar-refractivity contribution in [1.29, 1.82) is 0 Å². The molecular formula is C7H6N3O.